The highest BCUT2D eigenvalue weighted by atomic mass is 19.4. The van der Waals surface area contributed by atoms with Crippen molar-refractivity contribution >= 4 is 11.8 Å². The third kappa shape index (κ3) is 4.58. The molecular weight excluding hydrogens is 327 g/mol. The Morgan fingerprint density at radius 2 is 1.96 bits per heavy atom. The predicted molar refractivity (Wildman–Crippen MR) is 76.9 cm³/mol. The first kappa shape index (κ1) is 17.5. The van der Waals surface area contributed by atoms with Gasteiger partial charge in [-0.2, -0.15) is 13.2 Å². The lowest BCUT2D eigenvalue weighted by atomic mass is 10.1. The van der Waals surface area contributed by atoms with Gasteiger partial charge in [0.25, 0.3) is 5.91 Å². The average Bonchev–Trinajstić information content (AvgIpc) is 3.03. The first-order valence-electron chi connectivity index (χ1n) is 6.89. The number of pyridine rings is 1. The maximum absolute atomic E-state index is 12.5. The van der Waals surface area contributed by atoms with E-state index in [1.807, 2.05) is 0 Å². The minimum atomic E-state index is -4.58. The Balaban J connectivity index is 1.89. The van der Waals surface area contributed by atoms with Gasteiger partial charge in [0.05, 0.1) is 30.6 Å². The topological polar surface area (TPSA) is 84.2 Å². The van der Waals surface area contributed by atoms with Crippen LogP contribution in [0.5, 0.6) is 0 Å². The van der Waals surface area contributed by atoms with Crippen molar-refractivity contribution in [3.05, 3.63) is 53.2 Å². The van der Waals surface area contributed by atoms with Gasteiger partial charge in [0, 0.05) is 0 Å². The molecule has 0 unspecified atom stereocenters. The number of hydrogen-bond acceptors (Lipinski definition) is 4. The minimum Gasteiger partial charge on any atom is -0.467 e. The van der Waals surface area contributed by atoms with Crippen molar-refractivity contribution < 1.29 is 27.2 Å². The molecule has 2 heterocycles. The van der Waals surface area contributed by atoms with Gasteiger partial charge in [-0.05, 0) is 31.2 Å². The maximum Gasteiger partial charge on any atom is 0.433 e. The summed E-state index contributed by atoms with van der Waals surface area (Å²) in [5.74, 6) is -0.586. The monoisotopic (exact) mass is 341 g/mol. The normalized spacial score (nSPS) is 11.2. The third-order valence-corrected chi connectivity index (χ3v) is 3.07. The van der Waals surface area contributed by atoms with Crippen molar-refractivity contribution in [1.29, 1.82) is 0 Å². The molecule has 2 aromatic rings. The lowest BCUT2D eigenvalue weighted by molar-refractivity contribution is -0.141. The van der Waals surface area contributed by atoms with E-state index in [-0.39, 0.29) is 24.3 Å². The predicted octanol–water partition coefficient (Wildman–Crippen LogP) is 2.05. The van der Waals surface area contributed by atoms with Gasteiger partial charge in [0.15, 0.2) is 0 Å². The summed E-state index contributed by atoms with van der Waals surface area (Å²) in [5.41, 5.74) is -1.17. The largest absolute Gasteiger partial charge is 0.467 e. The number of furan rings is 1. The lowest BCUT2D eigenvalue weighted by Gasteiger charge is -2.10. The molecular formula is C15H14F3N3O3. The molecule has 0 spiro atoms. The first-order valence-corrected chi connectivity index (χ1v) is 6.89. The highest BCUT2D eigenvalue weighted by Gasteiger charge is 2.33. The third-order valence-electron chi connectivity index (χ3n) is 3.07. The second-order valence-electron chi connectivity index (χ2n) is 4.87. The van der Waals surface area contributed by atoms with Crippen LogP contribution in [0.4, 0.5) is 13.2 Å². The van der Waals surface area contributed by atoms with Gasteiger partial charge in [-0.3, -0.25) is 9.59 Å². The minimum absolute atomic E-state index is 0.0261. The molecule has 0 atom stereocenters. The fourth-order valence-corrected chi connectivity index (χ4v) is 1.88. The molecule has 9 heteroatoms. The Morgan fingerprint density at radius 1 is 1.21 bits per heavy atom. The zero-order valence-electron chi connectivity index (χ0n) is 12.6. The van der Waals surface area contributed by atoms with Gasteiger partial charge in [0.1, 0.15) is 11.5 Å². The number of nitrogens with zero attached hydrogens (tertiary/aromatic N) is 1. The van der Waals surface area contributed by atoms with Crippen molar-refractivity contribution in [2.75, 3.05) is 6.54 Å². The van der Waals surface area contributed by atoms with E-state index < -0.39 is 23.7 Å². The number of halogens is 3. The molecule has 2 N–H and O–H groups in total. The molecule has 2 rings (SSSR count). The molecule has 24 heavy (non-hydrogen) atoms. The molecule has 0 saturated carbocycles. The molecule has 0 radical (unpaired) electrons. The molecule has 0 fully saturated rings. The van der Waals surface area contributed by atoms with E-state index in [4.69, 9.17) is 4.42 Å². The van der Waals surface area contributed by atoms with Gasteiger partial charge in [-0.15, -0.1) is 0 Å². The van der Waals surface area contributed by atoms with Crippen LogP contribution in [0.25, 0.3) is 0 Å². The standard InChI is InChI=1S/C15H14F3N3O3/c1-9-11(4-5-12(21-9)15(16,17)18)14(23)20-8-13(22)19-7-10-3-2-6-24-10/h2-6H,7-8H2,1H3,(H,19,22)(H,20,23). The highest BCUT2D eigenvalue weighted by Crippen LogP contribution is 2.28. The number of carbonyl (C=O) groups excluding carboxylic acids is 2. The number of aromatic nitrogens is 1. The lowest BCUT2D eigenvalue weighted by Crippen LogP contribution is -2.36. The number of nitrogens with one attached hydrogen (secondary N) is 2. The summed E-state index contributed by atoms with van der Waals surface area (Å²) in [4.78, 5) is 26.9. The summed E-state index contributed by atoms with van der Waals surface area (Å²) in [6.07, 6.45) is -3.12. The zero-order valence-corrected chi connectivity index (χ0v) is 12.6. The van der Waals surface area contributed by atoms with E-state index in [9.17, 15) is 22.8 Å². The summed E-state index contributed by atoms with van der Waals surface area (Å²) < 4.78 is 42.6. The number of rotatable bonds is 5. The number of carbonyl (C=O) groups is 2. The Kier molecular flexibility index (Phi) is 5.22. The van der Waals surface area contributed by atoms with Crippen LogP contribution >= 0.6 is 0 Å². The maximum atomic E-state index is 12.5. The summed E-state index contributed by atoms with van der Waals surface area (Å²) in [5, 5.41) is 4.85. The Morgan fingerprint density at radius 3 is 2.54 bits per heavy atom. The summed E-state index contributed by atoms with van der Waals surface area (Å²) in [6.45, 7) is 1.14. The number of hydrogen-bond donors (Lipinski definition) is 2. The molecule has 2 aromatic heterocycles. The molecule has 0 aliphatic carbocycles. The number of aryl methyl sites for hydroxylation is 1. The van der Waals surface area contributed by atoms with Gasteiger partial charge < -0.3 is 15.1 Å². The molecule has 128 valence electrons. The summed E-state index contributed by atoms with van der Waals surface area (Å²) in [6, 6.07) is 5.10. The van der Waals surface area contributed by atoms with E-state index in [2.05, 4.69) is 15.6 Å². The molecule has 2 amide bonds. The fourth-order valence-electron chi connectivity index (χ4n) is 1.88. The quantitative estimate of drug-likeness (QED) is 0.872. The van der Waals surface area contributed by atoms with Crippen molar-refractivity contribution in [3.8, 4) is 0 Å². The van der Waals surface area contributed by atoms with Crippen LogP contribution in [0.1, 0.15) is 27.5 Å². The second-order valence-corrected chi connectivity index (χ2v) is 4.87. The second kappa shape index (κ2) is 7.16. The van der Waals surface area contributed by atoms with Crippen LogP contribution in [0, 0.1) is 6.92 Å². The van der Waals surface area contributed by atoms with Gasteiger partial charge in [-0.1, -0.05) is 0 Å². The van der Waals surface area contributed by atoms with Crippen LogP contribution in [0.15, 0.2) is 34.9 Å². The molecule has 6 nitrogen and oxygen atoms in total. The van der Waals surface area contributed by atoms with Gasteiger partial charge in [0.2, 0.25) is 5.91 Å². The molecule has 0 aromatic carbocycles. The first-order chi connectivity index (χ1) is 11.3. The van der Waals surface area contributed by atoms with E-state index >= 15 is 0 Å². The van der Waals surface area contributed by atoms with Crippen LogP contribution < -0.4 is 10.6 Å². The Labute approximate surface area is 135 Å². The van der Waals surface area contributed by atoms with Crippen LogP contribution in [-0.4, -0.2) is 23.3 Å². The highest BCUT2D eigenvalue weighted by molar-refractivity contribution is 5.97. The van der Waals surface area contributed by atoms with Crippen molar-refractivity contribution in [3.63, 3.8) is 0 Å². The Hall–Kier alpha value is -2.84. The number of amides is 2. The van der Waals surface area contributed by atoms with Crippen molar-refractivity contribution in [1.82, 2.24) is 15.6 Å². The van der Waals surface area contributed by atoms with Crippen LogP contribution in [0.2, 0.25) is 0 Å². The molecule has 0 aliphatic rings. The Bertz CT molecular complexity index is 727. The van der Waals surface area contributed by atoms with Crippen LogP contribution in [0.3, 0.4) is 0 Å². The number of alkyl halides is 3. The van der Waals surface area contributed by atoms with Gasteiger partial charge in [-0.25, -0.2) is 4.98 Å². The van der Waals surface area contributed by atoms with Gasteiger partial charge >= 0.3 is 6.18 Å². The van der Waals surface area contributed by atoms with E-state index in [0.29, 0.717) is 5.76 Å². The fraction of sp³-hybridized carbons (Fsp3) is 0.267. The smallest absolute Gasteiger partial charge is 0.433 e. The van der Waals surface area contributed by atoms with Crippen molar-refractivity contribution in [2.24, 2.45) is 0 Å². The molecule has 0 bridgehead atoms. The average molecular weight is 341 g/mol. The molecule has 0 saturated heterocycles. The summed E-state index contributed by atoms with van der Waals surface area (Å²) >= 11 is 0. The van der Waals surface area contributed by atoms with Crippen LogP contribution in [-0.2, 0) is 17.5 Å². The molecule has 0 aliphatic heterocycles. The van der Waals surface area contributed by atoms with E-state index in [0.717, 1.165) is 12.1 Å². The van der Waals surface area contributed by atoms with Crippen molar-refractivity contribution in [2.45, 2.75) is 19.6 Å². The summed E-state index contributed by atoms with van der Waals surface area (Å²) in [7, 11) is 0. The van der Waals surface area contributed by atoms with E-state index in [1.54, 1.807) is 12.1 Å². The zero-order chi connectivity index (χ0) is 17.7. The van der Waals surface area contributed by atoms with E-state index in [1.165, 1.54) is 13.2 Å². The SMILES string of the molecule is Cc1nc(C(F)(F)F)ccc1C(=O)NCC(=O)NCc1ccco1.